The normalized spacial score (nSPS) is 17.0. The second-order valence-electron chi connectivity index (χ2n) is 6.09. The lowest BCUT2D eigenvalue weighted by Gasteiger charge is -2.23. The lowest BCUT2D eigenvalue weighted by molar-refractivity contribution is -0.121. The molecule has 0 spiro atoms. The molecule has 0 saturated carbocycles. The fourth-order valence-corrected chi connectivity index (χ4v) is 2.75. The van der Waals surface area contributed by atoms with Gasteiger partial charge in [0.05, 0.1) is 0 Å². The van der Waals surface area contributed by atoms with E-state index in [4.69, 9.17) is 4.52 Å². The van der Waals surface area contributed by atoms with Crippen LogP contribution in [0, 0.1) is 12.7 Å². The minimum atomic E-state index is -0.267. The van der Waals surface area contributed by atoms with Crippen LogP contribution in [0.4, 0.5) is 4.39 Å². The number of piperidine rings is 1. The molecule has 0 unspecified atom stereocenters. The van der Waals surface area contributed by atoms with Gasteiger partial charge in [-0.3, -0.25) is 4.79 Å². The molecule has 2 aromatic rings. The van der Waals surface area contributed by atoms with E-state index in [9.17, 15) is 9.18 Å². The van der Waals surface area contributed by atoms with Gasteiger partial charge < -0.3 is 15.2 Å². The highest BCUT2D eigenvalue weighted by molar-refractivity contribution is 5.85. The maximum Gasteiger partial charge on any atom is 0.227 e. The maximum atomic E-state index is 13.3. The highest BCUT2D eigenvalue weighted by Gasteiger charge is 2.16. The molecule has 1 aromatic carbocycles. The van der Waals surface area contributed by atoms with Gasteiger partial charge in [0.2, 0.25) is 17.6 Å². The first-order valence-corrected chi connectivity index (χ1v) is 8.21. The molecule has 25 heavy (non-hydrogen) atoms. The van der Waals surface area contributed by atoms with Crippen molar-refractivity contribution in [2.45, 2.75) is 38.6 Å². The smallest absolute Gasteiger partial charge is 0.227 e. The van der Waals surface area contributed by atoms with Crippen LogP contribution in [-0.4, -0.2) is 35.2 Å². The molecule has 0 radical (unpaired) electrons. The highest BCUT2D eigenvalue weighted by atomic mass is 35.5. The Labute approximate surface area is 152 Å². The fourth-order valence-electron chi connectivity index (χ4n) is 2.75. The third kappa shape index (κ3) is 5.24. The number of carbonyl (C=O) groups excluding carboxylic acids is 1. The van der Waals surface area contributed by atoms with Gasteiger partial charge in [-0.25, -0.2) is 4.39 Å². The minimum Gasteiger partial charge on any atom is -0.352 e. The molecule has 1 atom stereocenters. The average molecular weight is 369 g/mol. The van der Waals surface area contributed by atoms with Gasteiger partial charge in [-0.05, 0) is 50.1 Å². The number of benzene rings is 1. The van der Waals surface area contributed by atoms with Gasteiger partial charge in [0.15, 0.2) is 0 Å². The van der Waals surface area contributed by atoms with Gasteiger partial charge in [0.25, 0.3) is 0 Å². The van der Waals surface area contributed by atoms with E-state index in [1.807, 2.05) is 0 Å². The molecule has 2 heterocycles. The van der Waals surface area contributed by atoms with E-state index in [1.54, 1.807) is 19.1 Å². The number of carbonyl (C=O) groups is 1. The molecule has 1 aromatic heterocycles. The second-order valence-corrected chi connectivity index (χ2v) is 6.09. The van der Waals surface area contributed by atoms with Crippen LogP contribution in [0.3, 0.4) is 0 Å². The quantitative estimate of drug-likeness (QED) is 0.847. The summed E-state index contributed by atoms with van der Waals surface area (Å²) in [5, 5.41) is 10.2. The molecule has 0 aliphatic carbocycles. The summed E-state index contributed by atoms with van der Waals surface area (Å²) in [5.41, 5.74) is 1.22. The van der Waals surface area contributed by atoms with Crippen LogP contribution in [0.2, 0.25) is 0 Å². The zero-order valence-corrected chi connectivity index (χ0v) is 14.9. The van der Waals surface area contributed by atoms with E-state index in [0.29, 0.717) is 35.7 Å². The summed E-state index contributed by atoms with van der Waals surface area (Å²) in [4.78, 5) is 16.3. The molecule has 1 saturated heterocycles. The second kappa shape index (κ2) is 8.92. The van der Waals surface area contributed by atoms with Gasteiger partial charge >= 0.3 is 0 Å². The van der Waals surface area contributed by atoms with E-state index in [2.05, 4.69) is 20.8 Å². The van der Waals surface area contributed by atoms with Crippen LogP contribution < -0.4 is 10.6 Å². The lowest BCUT2D eigenvalue weighted by Crippen LogP contribution is -2.45. The van der Waals surface area contributed by atoms with Crippen molar-refractivity contribution in [2.75, 3.05) is 13.1 Å². The zero-order chi connectivity index (χ0) is 16.9. The third-order valence-electron chi connectivity index (χ3n) is 4.11. The molecule has 1 aliphatic heterocycles. The van der Waals surface area contributed by atoms with Crippen LogP contribution in [-0.2, 0) is 11.2 Å². The molecule has 1 aliphatic rings. The van der Waals surface area contributed by atoms with Crippen molar-refractivity contribution >= 4 is 18.3 Å². The minimum absolute atomic E-state index is 0. The van der Waals surface area contributed by atoms with Crippen LogP contribution in [0.1, 0.15) is 30.7 Å². The van der Waals surface area contributed by atoms with Crippen molar-refractivity contribution in [2.24, 2.45) is 0 Å². The van der Waals surface area contributed by atoms with Crippen molar-refractivity contribution in [1.82, 2.24) is 20.8 Å². The summed E-state index contributed by atoms with van der Waals surface area (Å²) in [6.45, 7) is 3.52. The number of aryl methyl sites for hydroxylation is 2. The summed E-state index contributed by atoms with van der Waals surface area (Å²) in [5.74, 6) is 0.534. The van der Waals surface area contributed by atoms with E-state index in [1.165, 1.54) is 6.07 Å². The van der Waals surface area contributed by atoms with E-state index in [0.717, 1.165) is 25.9 Å². The van der Waals surface area contributed by atoms with Crippen molar-refractivity contribution in [3.63, 3.8) is 0 Å². The first-order valence-electron chi connectivity index (χ1n) is 8.21. The highest BCUT2D eigenvalue weighted by Crippen LogP contribution is 2.19. The Morgan fingerprint density at radius 2 is 2.32 bits per heavy atom. The summed E-state index contributed by atoms with van der Waals surface area (Å²) >= 11 is 0. The van der Waals surface area contributed by atoms with Crippen molar-refractivity contribution in [3.05, 3.63) is 35.5 Å². The predicted octanol–water partition coefficient (Wildman–Crippen LogP) is 2.41. The molecule has 3 rings (SSSR count). The summed E-state index contributed by atoms with van der Waals surface area (Å²) in [7, 11) is 0. The summed E-state index contributed by atoms with van der Waals surface area (Å²) in [6.07, 6.45) is 2.78. The number of halogens is 2. The largest absolute Gasteiger partial charge is 0.352 e. The Balaban J connectivity index is 0.00000225. The van der Waals surface area contributed by atoms with Crippen LogP contribution >= 0.6 is 12.4 Å². The van der Waals surface area contributed by atoms with Crippen LogP contribution in [0.15, 0.2) is 22.7 Å². The Morgan fingerprint density at radius 1 is 1.48 bits per heavy atom. The Hall–Kier alpha value is -1.99. The standard InChI is InChI=1S/C17H21FN4O2.ClH/c1-11-9-12(4-5-14(11)18)17-21-16(24-22-17)7-6-15(23)20-13-3-2-8-19-10-13;/h4-5,9,13,19H,2-3,6-8,10H2,1H3,(H,20,23);1H/t13-;/m0./s1. The van der Waals surface area contributed by atoms with Crippen LogP contribution in [0.5, 0.6) is 0 Å². The van der Waals surface area contributed by atoms with Gasteiger partial charge in [0, 0.05) is 31.0 Å². The van der Waals surface area contributed by atoms with Crippen molar-refractivity contribution < 1.29 is 13.7 Å². The van der Waals surface area contributed by atoms with E-state index < -0.39 is 0 Å². The summed E-state index contributed by atoms with van der Waals surface area (Å²) < 4.78 is 18.5. The Morgan fingerprint density at radius 3 is 3.04 bits per heavy atom. The number of nitrogens with zero attached hydrogens (tertiary/aromatic N) is 2. The monoisotopic (exact) mass is 368 g/mol. The average Bonchev–Trinajstić information content (AvgIpc) is 3.05. The summed E-state index contributed by atoms with van der Waals surface area (Å²) in [6, 6.07) is 4.87. The van der Waals surface area contributed by atoms with Crippen molar-refractivity contribution in [1.29, 1.82) is 0 Å². The number of rotatable bonds is 5. The van der Waals surface area contributed by atoms with Gasteiger partial charge in [-0.15, -0.1) is 12.4 Å². The van der Waals surface area contributed by atoms with Crippen LogP contribution in [0.25, 0.3) is 11.4 Å². The molecule has 2 N–H and O–H groups in total. The first-order chi connectivity index (χ1) is 11.6. The van der Waals surface area contributed by atoms with Gasteiger partial charge in [-0.2, -0.15) is 4.98 Å². The lowest BCUT2D eigenvalue weighted by atomic mass is 10.1. The zero-order valence-electron chi connectivity index (χ0n) is 14.0. The molecular weight excluding hydrogens is 347 g/mol. The van der Waals surface area contributed by atoms with Gasteiger partial charge in [-0.1, -0.05) is 5.16 Å². The number of amides is 1. The molecule has 1 fully saturated rings. The van der Waals surface area contributed by atoms with E-state index >= 15 is 0 Å². The number of hydrogen-bond acceptors (Lipinski definition) is 5. The maximum absolute atomic E-state index is 13.3. The molecular formula is C17H22ClFN4O2. The number of aromatic nitrogens is 2. The third-order valence-corrected chi connectivity index (χ3v) is 4.11. The Kier molecular flexibility index (Phi) is 6.90. The first kappa shape index (κ1) is 19.3. The topological polar surface area (TPSA) is 80.0 Å². The fraction of sp³-hybridized carbons (Fsp3) is 0.471. The van der Waals surface area contributed by atoms with E-state index in [-0.39, 0.29) is 30.2 Å². The number of hydrogen-bond donors (Lipinski definition) is 2. The molecule has 1 amide bonds. The van der Waals surface area contributed by atoms with Gasteiger partial charge in [0.1, 0.15) is 5.82 Å². The SMILES string of the molecule is Cc1cc(-c2noc(CCC(=O)N[C@H]3CCCNC3)n2)ccc1F.Cl. The predicted molar refractivity (Wildman–Crippen MR) is 94.0 cm³/mol. The number of nitrogens with one attached hydrogen (secondary N) is 2. The molecule has 0 bridgehead atoms. The Bertz CT molecular complexity index is 716. The molecule has 6 nitrogen and oxygen atoms in total. The van der Waals surface area contributed by atoms with Crippen molar-refractivity contribution in [3.8, 4) is 11.4 Å². The molecule has 136 valence electrons. The molecule has 8 heteroatoms.